The molecule has 29 heavy (non-hydrogen) atoms. The van der Waals surface area contributed by atoms with Crippen LogP contribution >= 0.6 is 0 Å². The summed E-state index contributed by atoms with van der Waals surface area (Å²) < 4.78 is 58.8. The van der Waals surface area contributed by atoms with E-state index in [-0.39, 0.29) is 0 Å². The maximum atomic E-state index is 12.2. The first-order valence-electron chi connectivity index (χ1n) is 8.24. The standard InChI is InChI=1S/C19H22N2O6S2/c1-26-18-5-3-14(11-16(18)20)7-9-28(22,23)13-29(24,25)10-8-15-4-6-19(27-2)17(21)12-15/h3-12H,13,20-21H2,1-2H3. The van der Waals surface area contributed by atoms with Gasteiger partial charge in [0.05, 0.1) is 25.6 Å². The van der Waals surface area contributed by atoms with Gasteiger partial charge in [0, 0.05) is 10.8 Å². The van der Waals surface area contributed by atoms with Crippen LogP contribution in [0.2, 0.25) is 0 Å². The van der Waals surface area contributed by atoms with Crippen LogP contribution in [0.3, 0.4) is 0 Å². The van der Waals surface area contributed by atoms with Crippen LogP contribution < -0.4 is 20.9 Å². The smallest absolute Gasteiger partial charge is 0.186 e. The van der Waals surface area contributed by atoms with Gasteiger partial charge in [0.1, 0.15) is 11.5 Å². The predicted molar refractivity (Wildman–Crippen MR) is 116 cm³/mol. The Labute approximate surface area is 170 Å². The molecular formula is C19H22N2O6S2. The molecule has 0 aromatic heterocycles. The van der Waals surface area contributed by atoms with Crippen molar-refractivity contribution in [1.29, 1.82) is 0 Å². The third kappa shape index (κ3) is 6.54. The second-order valence-corrected chi connectivity index (χ2v) is 10.2. The van der Waals surface area contributed by atoms with Crippen molar-refractivity contribution in [1.82, 2.24) is 0 Å². The first kappa shape index (κ1) is 22.3. The number of hydrogen-bond donors (Lipinski definition) is 2. The Balaban J connectivity index is 2.13. The minimum Gasteiger partial charge on any atom is -0.495 e. The van der Waals surface area contributed by atoms with Crippen LogP contribution in [0.5, 0.6) is 11.5 Å². The van der Waals surface area contributed by atoms with Gasteiger partial charge in [0.2, 0.25) is 0 Å². The molecule has 0 aliphatic heterocycles. The van der Waals surface area contributed by atoms with Crippen molar-refractivity contribution in [2.75, 3.05) is 30.8 Å². The number of sulfone groups is 2. The summed E-state index contributed by atoms with van der Waals surface area (Å²) in [6.07, 6.45) is 2.54. The van der Waals surface area contributed by atoms with Gasteiger partial charge >= 0.3 is 0 Å². The fourth-order valence-electron chi connectivity index (χ4n) is 2.38. The minimum atomic E-state index is -4.03. The SMILES string of the molecule is COc1ccc(C=CS(=O)(=O)CS(=O)(=O)C=Cc2ccc(OC)c(N)c2)cc1N. The zero-order chi connectivity index (χ0) is 21.7. The van der Waals surface area contributed by atoms with Crippen molar-refractivity contribution in [2.45, 2.75) is 0 Å². The van der Waals surface area contributed by atoms with Gasteiger partial charge in [0.15, 0.2) is 24.8 Å². The lowest BCUT2D eigenvalue weighted by atomic mass is 10.2. The van der Waals surface area contributed by atoms with Gasteiger partial charge < -0.3 is 20.9 Å². The average Bonchev–Trinajstić information content (AvgIpc) is 2.64. The highest BCUT2D eigenvalue weighted by molar-refractivity contribution is 8.10. The van der Waals surface area contributed by atoms with Crippen molar-refractivity contribution < 1.29 is 26.3 Å². The number of nitrogens with two attached hydrogens (primary N) is 2. The van der Waals surface area contributed by atoms with Gasteiger partial charge in [0.25, 0.3) is 0 Å². The topological polar surface area (TPSA) is 139 Å². The summed E-state index contributed by atoms with van der Waals surface area (Å²) in [6, 6.07) is 9.41. The molecule has 0 fully saturated rings. The molecule has 0 saturated heterocycles. The van der Waals surface area contributed by atoms with Gasteiger partial charge in [-0.05, 0) is 47.5 Å². The number of benzene rings is 2. The molecule has 8 nitrogen and oxygen atoms in total. The lowest BCUT2D eigenvalue weighted by Gasteiger charge is -2.05. The molecule has 2 rings (SSSR count). The highest BCUT2D eigenvalue weighted by Gasteiger charge is 2.17. The normalized spacial score (nSPS) is 12.5. The zero-order valence-electron chi connectivity index (χ0n) is 15.9. The van der Waals surface area contributed by atoms with Gasteiger partial charge in [-0.1, -0.05) is 12.1 Å². The molecule has 2 aromatic carbocycles. The Morgan fingerprint density at radius 2 is 1.14 bits per heavy atom. The molecule has 0 spiro atoms. The molecule has 0 heterocycles. The summed E-state index contributed by atoms with van der Waals surface area (Å²) in [4.78, 5) is 0. The van der Waals surface area contributed by atoms with Gasteiger partial charge in [-0.25, -0.2) is 16.8 Å². The van der Waals surface area contributed by atoms with Crippen molar-refractivity contribution in [3.05, 3.63) is 58.3 Å². The zero-order valence-corrected chi connectivity index (χ0v) is 17.5. The summed E-state index contributed by atoms with van der Waals surface area (Å²) >= 11 is 0. The van der Waals surface area contributed by atoms with Crippen molar-refractivity contribution >= 4 is 43.2 Å². The molecule has 0 radical (unpaired) electrons. The van der Waals surface area contributed by atoms with Crippen molar-refractivity contribution in [3.63, 3.8) is 0 Å². The fraction of sp³-hybridized carbons (Fsp3) is 0.158. The van der Waals surface area contributed by atoms with E-state index in [4.69, 9.17) is 20.9 Å². The first-order chi connectivity index (χ1) is 13.5. The fourth-order valence-corrected chi connectivity index (χ4v) is 5.57. The van der Waals surface area contributed by atoms with Crippen LogP contribution in [-0.2, 0) is 19.7 Å². The molecule has 0 aliphatic carbocycles. The van der Waals surface area contributed by atoms with Crippen LogP contribution in [0, 0.1) is 0 Å². The molecule has 0 saturated carbocycles. The third-order valence-electron chi connectivity index (χ3n) is 3.77. The molecule has 4 N–H and O–H groups in total. The van der Waals surface area contributed by atoms with Gasteiger partial charge in [-0.3, -0.25) is 0 Å². The highest BCUT2D eigenvalue weighted by atomic mass is 32.3. The maximum Gasteiger partial charge on any atom is 0.186 e. The number of ether oxygens (including phenoxy) is 2. The van der Waals surface area contributed by atoms with E-state index in [0.717, 1.165) is 10.8 Å². The second-order valence-electron chi connectivity index (χ2n) is 6.05. The quantitative estimate of drug-likeness (QED) is 0.599. The third-order valence-corrected chi connectivity index (χ3v) is 7.50. The Bertz CT molecular complexity index is 1060. The molecule has 0 atom stereocenters. The first-order valence-corrected chi connectivity index (χ1v) is 11.7. The second kappa shape index (κ2) is 9.01. The Hall–Kier alpha value is -2.98. The van der Waals surface area contributed by atoms with E-state index in [9.17, 15) is 16.8 Å². The van der Waals surface area contributed by atoms with E-state index in [1.54, 1.807) is 24.3 Å². The lowest BCUT2D eigenvalue weighted by Crippen LogP contribution is -2.11. The van der Waals surface area contributed by atoms with Crippen LogP contribution in [0.1, 0.15) is 11.1 Å². The predicted octanol–water partition coefficient (Wildman–Crippen LogP) is 2.30. The molecule has 0 aliphatic rings. The molecular weight excluding hydrogens is 416 g/mol. The minimum absolute atomic E-state index is 0.335. The molecule has 0 amide bonds. The summed E-state index contributed by atoms with van der Waals surface area (Å²) in [5, 5.41) is 0.611. The van der Waals surface area contributed by atoms with Crippen molar-refractivity contribution in [3.8, 4) is 11.5 Å². The van der Waals surface area contributed by atoms with E-state index in [0.29, 0.717) is 34.0 Å². The summed E-state index contributed by atoms with van der Waals surface area (Å²) in [6.45, 7) is 0. The number of nitrogen functional groups attached to an aromatic ring is 2. The van der Waals surface area contributed by atoms with E-state index >= 15 is 0 Å². The van der Waals surface area contributed by atoms with Crippen LogP contribution in [0.25, 0.3) is 12.2 Å². The highest BCUT2D eigenvalue weighted by Crippen LogP contribution is 2.24. The Morgan fingerprint density at radius 3 is 1.45 bits per heavy atom. The monoisotopic (exact) mass is 438 g/mol. The number of hydrogen-bond acceptors (Lipinski definition) is 8. The van der Waals surface area contributed by atoms with Crippen LogP contribution in [0.15, 0.2) is 47.2 Å². The van der Waals surface area contributed by atoms with E-state index in [2.05, 4.69) is 0 Å². The Morgan fingerprint density at radius 1 is 0.759 bits per heavy atom. The van der Waals surface area contributed by atoms with Gasteiger partial charge in [-0.15, -0.1) is 0 Å². The summed E-state index contributed by atoms with van der Waals surface area (Å²) in [5.74, 6) is 0.911. The van der Waals surface area contributed by atoms with E-state index in [1.807, 2.05) is 0 Å². The van der Waals surface area contributed by atoms with Gasteiger partial charge in [-0.2, -0.15) is 0 Å². The molecule has 10 heteroatoms. The van der Waals surface area contributed by atoms with E-state index in [1.165, 1.54) is 38.5 Å². The molecule has 0 unspecified atom stereocenters. The van der Waals surface area contributed by atoms with Crippen molar-refractivity contribution in [2.24, 2.45) is 0 Å². The Kier molecular flexibility index (Phi) is 6.93. The van der Waals surface area contributed by atoms with Crippen LogP contribution in [0.4, 0.5) is 11.4 Å². The average molecular weight is 439 g/mol. The molecule has 2 aromatic rings. The largest absolute Gasteiger partial charge is 0.495 e. The van der Waals surface area contributed by atoms with Crippen LogP contribution in [-0.4, -0.2) is 36.1 Å². The summed E-state index contributed by atoms with van der Waals surface area (Å²) in [5.41, 5.74) is 13.2. The summed E-state index contributed by atoms with van der Waals surface area (Å²) in [7, 11) is -5.13. The molecule has 0 bridgehead atoms. The number of anilines is 2. The number of rotatable bonds is 8. The maximum absolute atomic E-state index is 12.2. The van der Waals surface area contributed by atoms with E-state index < -0.39 is 24.8 Å². The molecule has 156 valence electrons. The number of methoxy groups -OCH3 is 2. The lowest BCUT2D eigenvalue weighted by molar-refractivity contribution is 0.417.